The van der Waals surface area contributed by atoms with Crippen LogP contribution >= 0.6 is 0 Å². The SMILES string of the molecule is COc1cc(C2CC(=O)CC(OC(C)=O)CCC3(C=CC=CC3C)Cc3c[nH]cc3CCC3=CCNC(=C3)N(CCC(C)=O)c3cccc4cn2cc34)cc(O)c1Oc1cccc(O)c1. The van der Waals surface area contributed by atoms with Gasteiger partial charge in [-0.15, -0.1) is 0 Å². The highest BCUT2D eigenvalue weighted by Gasteiger charge is 2.36. The van der Waals surface area contributed by atoms with Crippen molar-refractivity contribution in [2.75, 3.05) is 25.1 Å². The van der Waals surface area contributed by atoms with Crippen LogP contribution in [-0.4, -0.2) is 63.6 Å². The van der Waals surface area contributed by atoms with Crippen molar-refractivity contribution in [2.45, 2.75) is 84.3 Å². The summed E-state index contributed by atoms with van der Waals surface area (Å²) >= 11 is 0. The summed E-state index contributed by atoms with van der Waals surface area (Å²) in [7, 11) is 1.47. The highest BCUT2D eigenvalue weighted by Crippen LogP contribution is 2.46. The highest BCUT2D eigenvalue weighted by atomic mass is 16.5. The van der Waals surface area contributed by atoms with Gasteiger partial charge in [0.25, 0.3) is 0 Å². The van der Waals surface area contributed by atoms with E-state index < -0.39 is 18.1 Å². The number of nitrogens with zero attached hydrogens (tertiary/aromatic N) is 2. The number of Topliss-reactive ketones (excluding diaryl/α,β-unsaturated/α-hetero) is 2. The summed E-state index contributed by atoms with van der Waals surface area (Å²) in [6.07, 6.45) is 24.6. The largest absolute Gasteiger partial charge is 0.508 e. The third-order valence-electron chi connectivity index (χ3n) is 13.1. The lowest BCUT2D eigenvalue weighted by molar-refractivity contribution is -0.148. The summed E-state index contributed by atoms with van der Waals surface area (Å²) in [4.78, 5) is 45.4. The zero-order valence-electron chi connectivity index (χ0n) is 37.5. The molecule has 0 saturated carbocycles. The molecule has 8 rings (SSSR count). The summed E-state index contributed by atoms with van der Waals surface area (Å²) in [6, 6.07) is 15.0. The zero-order chi connectivity index (χ0) is 45.7. The van der Waals surface area contributed by atoms with Gasteiger partial charge in [-0.05, 0) is 109 Å². The molecule has 2 aliphatic heterocycles. The zero-order valence-corrected chi connectivity index (χ0v) is 37.5. The lowest BCUT2D eigenvalue weighted by atomic mass is 9.66. The number of anilines is 1. The van der Waals surface area contributed by atoms with Gasteiger partial charge >= 0.3 is 5.97 Å². The number of H-pyrrole nitrogens is 1. The molecule has 0 saturated heterocycles. The molecule has 12 heteroatoms. The molecular formula is C53H58N4O8. The van der Waals surface area contributed by atoms with Gasteiger partial charge in [-0.25, -0.2) is 0 Å². The number of phenolic OH excluding ortho intramolecular Hbond substituents is 2. The number of fused-ring (bicyclic) bond motifs is 3. The Morgan fingerprint density at radius 1 is 0.969 bits per heavy atom. The van der Waals surface area contributed by atoms with Crippen LogP contribution in [0.1, 0.15) is 82.0 Å². The Morgan fingerprint density at radius 2 is 1.80 bits per heavy atom. The molecule has 4 N–H and O–H groups in total. The number of aromatic nitrogens is 2. The molecule has 3 aliphatic rings. The van der Waals surface area contributed by atoms with Crippen LogP contribution < -0.4 is 19.7 Å². The molecule has 4 bridgehead atoms. The first kappa shape index (κ1) is 44.6. The number of ether oxygens (including phenoxy) is 3. The molecule has 338 valence electrons. The van der Waals surface area contributed by atoms with Crippen LogP contribution in [0.15, 0.2) is 127 Å². The van der Waals surface area contributed by atoms with E-state index in [1.165, 1.54) is 42.9 Å². The molecule has 3 aromatic carbocycles. The Bertz CT molecular complexity index is 2700. The van der Waals surface area contributed by atoms with E-state index in [-0.39, 0.29) is 58.7 Å². The quantitative estimate of drug-likeness (QED) is 0.111. The molecule has 5 aromatic rings. The van der Waals surface area contributed by atoms with Gasteiger partial charge in [-0.2, -0.15) is 0 Å². The number of aromatic amines is 1. The van der Waals surface area contributed by atoms with Gasteiger partial charge in [-0.3, -0.25) is 14.4 Å². The molecule has 12 nitrogen and oxygen atoms in total. The number of carbonyl (C=O) groups is 3. The number of methoxy groups -OCH3 is 1. The number of allylic oxidation sites excluding steroid dienone is 6. The molecule has 65 heavy (non-hydrogen) atoms. The van der Waals surface area contributed by atoms with Crippen molar-refractivity contribution in [2.24, 2.45) is 11.3 Å². The van der Waals surface area contributed by atoms with Crippen LogP contribution in [-0.2, 0) is 32.0 Å². The maximum Gasteiger partial charge on any atom is 0.302 e. The van der Waals surface area contributed by atoms with Gasteiger partial charge in [-0.1, -0.05) is 55.5 Å². The van der Waals surface area contributed by atoms with E-state index >= 15 is 0 Å². The van der Waals surface area contributed by atoms with Crippen LogP contribution in [0.5, 0.6) is 28.7 Å². The summed E-state index contributed by atoms with van der Waals surface area (Å²) in [5.41, 5.74) is 4.87. The second-order valence-corrected chi connectivity index (χ2v) is 17.6. The van der Waals surface area contributed by atoms with Crippen LogP contribution in [0.2, 0.25) is 0 Å². The van der Waals surface area contributed by atoms with Crippen LogP contribution in [0.3, 0.4) is 0 Å². The van der Waals surface area contributed by atoms with E-state index in [0.29, 0.717) is 43.7 Å². The Kier molecular flexibility index (Phi) is 13.3. The van der Waals surface area contributed by atoms with Crippen molar-refractivity contribution in [3.63, 3.8) is 0 Å². The molecule has 1 spiro atoms. The first-order valence-electron chi connectivity index (χ1n) is 22.5. The molecule has 2 aromatic heterocycles. The van der Waals surface area contributed by atoms with Crippen LogP contribution in [0, 0.1) is 11.3 Å². The van der Waals surface area contributed by atoms with Gasteiger partial charge < -0.3 is 44.2 Å². The Hall–Kier alpha value is -6.95. The van der Waals surface area contributed by atoms with E-state index in [2.05, 4.69) is 71.0 Å². The molecule has 0 amide bonds. The number of aromatic hydroxyl groups is 2. The van der Waals surface area contributed by atoms with Crippen molar-refractivity contribution in [1.82, 2.24) is 14.9 Å². The van der Waals surface area contributed by atoms with E-state index in [1.54, 1.807) is 31.2 Å². The van der Waals surface area contributed by atoms with E-state index in [4.69, 9.17) is 14.2 Å². The van der Waals surface area contributed by atoms with Crippen LogP contribution in [0.4, 0.5) is 5.69 Å². The minimum atomic E-state index is -0.665. The molecule has 0 fully saturated rings. The summed E-state index contributed by atoms with van der Waals surface area (Å²) in [5, 5.41) is 27.1. The Labute approximate surface area is 379 Å². The minimum Gasteiger partial charge on any atom is -0.508 e. The molecular weight excluding hydrogens is 821 g/mol. The predicted octanol–water partition coefficient (Wildman–Crippen LogP) is 9.93. The first-order chi connectivity index (χ1) is 31.4. The number of hydrogen-bond donors (Lipinski definition) is 4. The van der Waals surface area contributed by atoms with Gasteiger partial charge in [0.05, 0.1) is 18.8 Å². The Balaban J connectivity index is 1.25. The van der Waals surface area contributed by atoms with Crippen molar-refractivity contribution >= 4 is 34.0 Å². The summed E-state index contributed by atoms with van der Waals surface area (Å²) in [6.45, 7) is 6.30. The number of benzene rings is 3. The fourth-order valence-electron chi connectivity index (χ4n) is 9.58. The lowest BCUT2D eigenvalue weighted by Crippen LogP contribution is -2.35. The number of phenols is 2. The maximum absolute atomic E-state index is 14.6. The number of dihydropyridines is 1. The summed E-state index contributed by atoms with van der Waals surface area (Å²) in [5.74, 6) is 0.938. The first-order valence-corrected chi connectivity index (χ1v) is 22.5. The molecule has 4 unspecified atom stereocenters. The standard InChI is InChI=1S/C53H58N4O8/c1-34-9-5-6-19-53(34)20-16-45(64-36(3)59)27-43(61)28-48(40-24-49(62)52(50(25-40)63-4)65-44-12-8-11-42(60)26-44)56-32-39-10-7-13-47(46(39)33-56)57(22-18-35(2)58)51-23-37(17-21-55-51)14-15-38-30-54-31-41(38)29-53/h5-13,17,19,23-26,30-34,45,48,54-55,60,62H,14-16,18,20-22,27-29H2,1-4H3. The Morgan fingerprint density at radius 3 is 2.58 bits per heavy atom. The normalized spacial score (nSPS) is 21.5. The fraction of sp³-hybridized carbons (Fsp3) is 0.340. The van der Waals surface area contributed by atoms with Gasteiger partial charge in [0.1, 0.15) is 35.0 Å². The maximum atomic E-state index is 14.6. The van der Waals surface area contributed by atoms with E-state index in [0.717, 1.165) is 41.5 Å². The monoisotopic (exact) mass is 878 g/mol. The number of nitrogens with one attached hydrogen (secondary N) is 2. The smallest absolute Gasteiger partial charge is 0.302 e. The second-order valence-electron chi connectivity index (χ2n) is 17.6. The molecule has 1 aliphatic carbocycles. The van der Waals surface area contributed by atoms with Gasteiger partial charge in [0.15, 0.2) is 11.5 Å². The summed E-state index contributed by atoms with van der Waals surface area (Å²) < 4.78 is 19.8. The number of ketones is 2. The predicted molar refractivity (Wildman–Crippen MR) is 251 cm³/mol. The number of aryl methyl sites for hydroxylation is 1. The average Bonchev–Trinajstić information content (AvgIpc) is 3.92. The second kappa shape index (κ2) is 19.4. The van der Waals surface area contributed by atoms with Crippen molar-refractivity contribution in [1.29, 1.82) is 0 Å². The van der Waals surface area contributed by atoms with Crippen LogP contribution in [0.25, 0.3) is 10.8 Å². The van der Waals surface area contributed by atoms with Gasteiger partial charge in [0, 0.05) is 80.9 Å². The van der Waals surface area contributed by atoms with E-state index in [9.17, 15) is 24.6 Å². The molecule has 4 heterocycles. The molecule has 4 atom stereocenters. The number of carbonyl (C=O) groups excluding carboxylic acids is 3. The number of rotatable bonds is 8. The van der Waals surface area contributed by atoms with Crippen molar-refractivity contribution in [3.05, 3.63) is 144 Å². The average molecular weight is 879 g/mol. The fourth-order valence-corrected chi connectivity index (χ4v) is 9.58. The number of esters is 1. The van der Waals surface area contributed by atoms with Crippen molar-refractivity contribution in [3.8, 4) is 28.7 Å². The lowest BCUT2D eigenvalue weighted by Gasteiger charge is -2.38. The minimum absolute atomic E-state index is 0.000169. The van der Waals surface area contributed by atoms with Crippen molar-refractivity contribution < 1.29 is 38.8 Å². The topological polar surface area (TPSA) is 155 Å². The molecule has 0 radical (unpaired) electrons. The number of hydrogen-bond acceptors (Lipinski definition) is 10. The third-order valence-corrected chi connectivity index (χ3v) is 13.1. The van der Waals surface area contributed by atoms with Gasteiger partial charge in [0.2, 0.25) is 5.75 Å². The third kappa shape index (κ3) is 10.2. The highest BCUT2D eigenvalue weighted by molar-refractivity contribution is 5.95. The van der Waals surface area contributed by atoms with E-state index in [1.807, 2.05) is 35.2 Å².